The number of nitrogens with two attached hydrogens (primary N) is 1. The summed E-state index contributed by atoms with van der Waals surface area (Å²) in [6, 6.07) is -0.773. The number of carboxylic acid groups (broad SMARTS) is 1. The normalized spacial score (nSPS) is 22.5. The van der Waals surface area contributed by atoms with Crippen molar-refractivity contribution < 1.29 is 19.5 Å². The van der Waals surface area contributed by atoms with Crippen LogP contribution >= 0.6 is 0 Å². The monoisotopic (exact) mass is 300 g/mol. The molecule has 0 radical (unpaired) electrons. The fraction of sp³-hybridized carbons (Fsp3) is 0.867. The molecule has 0 aromatic rings. The van der Waals surface area contributed by atoms with Crippen LogP contribution in [-0.2, 0) is 14.4 Å². The van der Waals surface area contributed by atoms with Crippen molar-refractivity contribution in [2.75, 3.05) is 6.54 Å². The lowest BCUT2D eigenvalue weighted by Crippen LogP contribution is -2.58. The maximum absolute atomic E-state index is 12.0. The minimum Gasteiger partial charge on any atom is -0.481 e. The van der Waals surface area contributed by atoms with Crippen LogP contribution in [0.3, 0.4) is 0 Å². The summed E-state index contributed by atoms with van der Waals surface area (Å²) in [6.07, 6.45) is 2.77. The molecular weight excluding hydrogens is 272 g/mol. The highest BCUT2D eigenvalue weighted by Crippen LogP contribution is 2.43. The van der Waals surface area contributed by atoms with E-state index < -0.39 is 18.0 Å². The van der Waals surface area contributed by atoms with Gasteiger partial charge in [-0.1, -0.05) is 13.8 Å². The molecule has 0 saturated carbocycles. The molecule has 1 unspecified atom stereocenters. The lowest BCUT2D eigenvalue weighted by molar-refractivity contribution is -0.248. The predicted molar refractivity (Wildman–Crippen MR) is 79.4 cm³/mol. The van der Waals surface area contributed by atoms with E-state index in [2.05, 4.69) is 27.7 Å². The predicted octanol–water partition coefficient (Wildman–Crippen LogP) is 1.93. The summed E-state index contributed by atoms with van der Waals surface area (Å²) in [5, 5.41) is 10.3. The van der Waals surface area contributed by atoms with Crippen molar-refractivity contribution in [2.24, 2.45) is 11.1 Å². The Morgan fingerprint density at radius 3 is 2.52 bits per heavy atom. The first-order chi connectivity index (χ1) is 9.58. The highest BCUT2D eigenvalue weighted by atomic mass is 16.7. The first-order valence-electron chi connectivity index (χ1n) is 7.55. The molecule has 1 aliphatic rings. The second-order valence-corrected chi connectivity index (χ2v) is 6.95. The van der Waals surface area contributed by atoms with Crippen molar-refractivity contribution in [3.63, 3.8) is 0 Å². The van der Waals surface area contributed by atoms with E-state index in [1.165, 1.54) is 0 Å². The number of hydrogen-bond donors (Lipinski definition) is 2. The number of nitrogens with zero attached hydrogens (tertiary/aromatic N) is 1. The maximum Gasteiger partial charge on any atom is 0.341 e. The highest BCUT2D eigenvalue weighted by Gasteiger charge is 2.46. The molecule has 122 valence electrons. The van der Waals surface area contributed by atoms with Crippen LogP contribution in [0.25, 0.3) is 0 Å². The van der Waals surface area contributed by atoms with E-state index in [1.807, 2.05) is 0 Å². The van der Waals surface area contributed by atoms with Gasteiger partial charge in [0.15, 0.2) is 0 Å². The molecule has 1 heterocycles. The topological polar surface area (TPSA) is 92.9 Å². The SMILES string of the molecule is CC1(C)CCCN(OC(=O)C(N)CCCC(=O)O)C1(C)C. The third kappa shape index (κ3) is 4.41. The summed E-state index contributed by atoms with van der Waals surface area (Å²) in [5.41, 5.74) is 5.56. The van der Waals surface area contributed by atoms with E-state index in [-0.39, 0.29) is 17.4 Å². The van der Waals surface area contributed by atoms with E-state index >= 15 is 0 Å². The van der Waals surface area contributed by atoms with Gasteiger partial charge in [-0.25, -0.2) is 4.79 Å². The van der Waals surface area contributed by atoms with Crippen LogP contribution in [0.4, 0.5) is 0 Å². The quantitative estimate of drug-likeness (QED) is 0.778. The van der Waals surface area contributed by atoms with Crippen LogP contribution in [-0.4, -0.2) is 40.2 Å². The van der Waals surface area contributed by atoms with E-state index in [0.29, 0.717) is 19.4 Å². The van der Waals surface area contributed by atoms with Gasteiger partial charge < -0.3 is 15.7 Å². The van der Waals surface area contributed by atoms with Gasteiger partial charge in [0.1, 0.15) is 6.04 Å². The number of aliphatic carboxylic acids is 1. The van der Waals surface area contributed by atoms with E-state index in [1.54, 1.807) is 5.06 Å². The molecule has 0 bridgehead atoms. The van der Waals surface area contributed by atoms with Gasteiger partial charge >= 0.3 is 11.9 Å². The molecule has 0 aromatic heterocycles. The van der Waals surface area contributed by atoms with Crippen molar-refractivity contribution in [3.05, 3.63) is 0 Å². The Hall–Kier alpha value is -1.14. The van der Waals surface area contributed by atoms with Crippen LogP contribution < -0.4 is 5.73 Å². The van der Waals surface area contributed by atoms with Crippen molar-refractivity contribution in [1.29, 1.82) is 0 Å². The summed E-state index contributed by atoms with van der Waals surface area (Å²) in [6.45, 7) is 9.16. The van der Waals surface area contributed by atoms with E-state index in [4.69, 9.17) is 15.7 Å². The van der Waals surface area contributed by atoms with Crippen molar-refractivity contribution >= 4 is 11.9 Å². The Balaban J connectivity index is 2.55. The molecule has 6 heteroatoms. The molecule has 1 rings (SSSR count). The minimum atomic E-state index is -0.880. The average molecular weight is 300 g/mol. The van der Waals surface area contributed by atoms with Crippen molar-refractivity contribution in [1.82, 2.24) is 5.06 Å². The molecule has 0 aromatic carbocycles. The molecule has 1 aliphatic heterocycles. The first-order valence-corrected chi connectivity index (χ1v) is 7.55. The molecule has 1 atom stereocenters. The zero-order valence-corrected chi connectivity index (χ0v) is 13.5. The fourth-order valence-electron chi connectivity index (χ4n) is 2.51. The van der Waals surface area contributed by atoms with E-state index in [9.17, 15) is 9.59 Å². The maximum atomic E-state index is 12.0. The highest BCUT2D eigenvalue weighted by molar-refractivity contribution is 5.75. The Morgan fingerprint density at radius 1 is 1.33 bits per heavy atom. The Bertz CT molecular complexity index is 393. The third-order valence-electron chi connectivity index (χ3n) is 4.85. The van der Waals surface area contributed by atoms with Gasteiger partial charge in [-0.05, 0) is 44.9 Å². The molecule has 0 spiro atoms. The van der Waals surface area contributed by atoms with Crippen molar-refractivity contribution in [2.45, 2.75) is 71.4 Å². The number of carbonyl (C=O) groups excluding carboxylic acids is 1. The van der Waals surface area contributed by atoms with Gasteiger partial charge in [-0.15, -0.1) is 5.06 Å². The zero-order chi connectivity index (χ0) is 16.3. The lowest BCUT2D eigenvalue weighted by Gasteiger charge is -2.51. The van der Waals surface area contributed by atoms with Crippen LogP contribution in [0.5, 0.6) is 0 Å². The van der Waals surface area contributed by atoms with E-state index in [0.717, 1.165) is 12.8 Å². The first kappa shape index (κ1) is 17.9. The van der Waals surface area contributed by atoms with Crippen molar-refractivity contribution in [3.8, 4) is 0 Å². The number of piperidine rings is 1. The number of hydroxylamine groups is 2. The molecule has 0 aliphatic carbocycles. The standard InChI is InChI=1S/C15H28N2O4/c1-14(2)9-6-10-17(15(14,3)4)21-13(20)11(16)7-5-8-12(18)19/h11H,5-10,16H2,1-4H3,(H,18,19). The molecule has 6 nitrogen and oxygen atoms in total. The number of hydrogen-bond acceptors (Lipinski definition) is 5. The average Bonchev–Trinajstić information content (AvgIpc) is 2.34. The van der Waals surface area contributed by atoms with Gasteiger partial charge in [0, 0.05) is 13.0 Å². The Labute approximate surface area is 126 Å². The zero-order valence-electron chi connectivity index (χ0n) is 13.5. The van der Waals surface area contributed by atoms with Gasteiger partial charge in [0.05, 0.1) is 5.54 Å². The largest absolute Gasteiger partial charge is 0.481 e. The summed E-state index contributed by atoms with van der Waals surface area (Å²) in [5.74, 6) is -1.36. The third-order valence-corrected chi connectivity index (χ3v) is 4.85. The molecule has 3 N–H and O–H groups in total. The van der Waals surface area contributed by atoms with Gasteiger partial charge in [-0.3, -0.25) is 4.79 Å². The summed E-state index contributed by atoms with van der Waals surface area (Å²) in [4.78, 5) is 28.0. The number of carboxylic acids is 1. The number of rotatable bonds is 6. The molecule has 0 amide bonds. The molecular formula is C15H28N2O4. The second-order valence-electron chi connectivity index (χ2n) is 6.95. The van der Waals surface area contributed by atoms with Crippen LogP contribution in [0.15, 0.2) is 0 Å². The Morgan fingerprint density at radius 2 is 1.95 bits per heavy atom. The molecule has 1 fully saturated rings. The lowest BCUT2D eigenvalue weighted by atomic mass is 9.69. The second kappa shape index (κ2) is 6.75. The van der Waals surface area contributed by atoms with Crippen LogP contribution in [0.1, 0.15) is 59.8 Å². The summed E-state index contributed by atoms with van der Waals surface area (Å²) < 4.78 is 0. The molecule has 21 heavy (non-hydrogen) atoms. The van der Waals surface area contributed by atoms with Crippen LogP contribution in [0, 0.1) is 5.41 Å². The van der Waals surface area contributed by atoms with Gasteiger partial charge in [0.25, 0.3) is 0 Å². The van der Waals surface area contributed by atoms with Crippen LogP contribution in [0.2, 0.25) is 0 Å². The Kier molecular flexibility index (Phi) is 5.75. The summed E-state index contributed by atoms with van der Waals surface area (Å²) in [7, 11) is 0. The smallest absolute Gasteiger partial charge is 0.341 e. The summed E-state index contributed by atoms with van der Waals surface area (Å²) >= 11 is 0. The molecule has 1 saturated heterocycles. The van der Waals surface area contributed by atoms with Gasteiger partial charge in [0.2, 0.25) is 0 Å². The number of carbonyl (C=O) groups is 2. The fourth-order valence-corrected chi connectivity index (χ4v) is 2.51. The minimum absolute atomic E-state index is 0.0171. The van der Waals surface area contributed by atoms with Gasteiger partial charge in [-0.2, -0.15) is 0 Å².